The summed E-state index contributed by atoms with van der Waals surface area (Å²) in [5.74, 6) is 0. The van der Waals surface area contributed by atoms with E-state index in [0.29, 0.717) is 6.04 Å². The molecule has 1 atom stereocenters. The van der Waals surface area contributed by atoms with Crippen molar-refractivity contribution < 1.29 is 0 Å². The fourth-order valence-corrected chi connectivity index (χ4v) is 2.67. The van der Waals surface area contributed by atoms with Gasteiger partial charge in [-0.3, -0.25) is 0 Å². The van der Waals surface area contributed by atoms with Crippen molar-refractivity contribution in [1.29, 1.82) is 0 Å². The lowest BCUT2D eigenvalue weighted by molar-refractivity contribution is 0.284. The molecule has 0 aliphatic heterocycles. The van der Waals surface area contributed by atoms with Crippen LogP contribution in [0.15, 0.2) is 54.6 Å². The van der Waals surface area contributed by atoms with Crippen LogP contribution in [0.4, 0.5) is 0 Å². The average molecular weight is 282 g/mol. The molecule has 0 spiro atoms. The Bertz CT molecular complexity index is 536. The lowest BCUT2D eigenvalue weighted by Gasteiger charge is -2.25. The average Bonchev–Trinajstić information content (AvgIpc) is 2.50. The fraction of sp³-hybridized carbons (Fsp3) is 0.368. The van der Waals surface area contributed by atoms with E-state index in [1.165, 1.54) is 16.7 Å². The summed E-state index contributed by atoms with van der Waals surface area (Å²) >= 11 is 0. The van der Waals surface area contributed by atoms with Gasteiger partial charge in [-0.1, -0.05) is 61.5 Å². The van der Waals surface area contributed by atoms with E-state index >= 15 is 0 Å². The summed E-state index contributed by atoms with van der Waals surface area (Å²) in [6, 6.07) is 19.7. The van der Waals surface area contributed by atoms with Crippen LogP contribution >= 0.6 is 0 Å². The quantitative estimate of drug-likeness (QED) is 0.831. The molecule has 0 bridgehead atoms. The van der Waals surface area contributed by atoms with Gasteiger partial charge in [0.2, 0.25) is 0 Å². The maximum Gasteiger partial charge on any atom is 0.0449 e. The summed E-state index contributed by atoms with van der Waals surface area (Å²) in [5, 5.41) is 3.59. The zero-order valence-electron chi connectivity index (χ0n) is 13.3. The highest BCUT2D eigenvalue weighted by Crippen LogP contribution is 2.16. The second-order valence-electron chi connectivity index (χ2n) is 5.64. The van der Waals surface area contributed by atoms with Crippen LogP contribution in [0.2, 0.25) is 0 Å². The summed E-state index contributed by atoms with van der Waals surface area (Å²) in [4.78, 5) is 2.39. The van der Waals surface area contributed by atoms with Gasteiger partial charge in [0.05, 0.1) is 0 Å². The summed E-state index contributed by atoms with van der Waals surface area (Å²) in [7, 11) is 2.19. The Morgan fingerprint density at radius 3 is 2.33 bits per heavy atom. The minimum atomic E-state index is 0.380. The molecule has 2 aromatic rings. The molecule has 0 amide bonds. The Balaban J connectivity index is 2.02. The third-order valence-corrected chi connectivity index (χ3v) is 3.85. The van der Waals surface area contributed by atoms with Crippen molar-refractivity contribution in [3.63, 3.8) is 0 Å². The molecule has 2 rings (SSSR count). The van der Waals surface area contributed by atoms with Gasteiger partial charge in [0.25, 0.3) is 0 Å². The molecule has 2 aromatic carbocycles. The molecule has 0 heterocycles. The maximum atomic E-state index is 3.59. The number of aryl methyl sites for hydroxylation is 1. The zero-order chi connectivity index (χ0) is 15.1. The molecule has 1 N–H and O–H groups in total. The van der Waals surface area contributed by atoms with Crippen LogP contribution in [0.25, 0.3) is 0 Å². The van der Waals surface area contributed by atoms with Crippen LogP contribution in [0, 0.1) is 6.92 Å². The number of rotatable bonds is 7. The smallest absolute Gasteiger partial charge is 0.0449 e. The molecule has 0 saturated carbocycles. The predicted octanol–water partition coefficient (Wildman–Crippen LogP) is 3.78. The summed E-state index contributed by atoms with van der Waals surface area (Å²) in [6.07, 6.45) is 0. The molecule has 0 aliphatic carbocycles. The first-order chi connectivity index (χ1) is 10.2. The van der Waals surface area contributed by atoms with Crippen molar-refractivity contribution in [3.8, 4) is 0 Å². The number of nitrogens with zero attached hydrogens (tertiary/aromatic N) is 1. The Hall–Kier alpha value is -1.64. The van der Waals surface area contributed by atoms with E-state index in [1.807, 2.05) is 0 Å². The SMILES string of the molecule is CCNC(CN(C)Cc1ccccc1C)c1ccccc1. The highest BCUT2D eigenvalue weighted by atomic mass is 15.1. The molecular weight excluding hydrogens is 256 g/mol. The molecule has 0 aromatic heterocycles. The lowest BCUT2D eigenvalue weighted by atomic mass is 10.1. The van der Waals surface area contributed by atoms with E-state index in [-0.39, 0.29) is 0 Å². The van der Waals surface area contributed by atoms with Gasteiger partial charge in [0.1, 0.15) is 0 Å². The Kier molecular flexibility index (Phi) is 5.97. The van der Waals surface area contributed by atoms with Crippen LogP contribution in [-0.4, -0.2) is 25.0 Å². The largest absolute Gasteiger partial charge is 0.309 e. The van der Waals surface area contributed by atoms with Crippen LogP contribution in [0.5, 0.6) is 0 Å². The minimum Gasteiger partial charge on any atom is -0.309 e. The highest BCUT2D eigenvalue weighted by Gasteiger charge is 2.13. The van der Waals surface area contributed by atoms with Crippen LogP contribution < -0.4 is 5.32 Å². The van der Waals surface area contributed by atoms with Gasteiger partial charge in [0.15, 0.2) is 0 Å². The molecule has 0 aliphatic rings. The number of likely N-dealkylation sites (N-methyl/N-ethyl adjacent to an activating group) is 2. The number of benzene rings is 2. The fourth-order valence-electron chi connectivity index (χ4n) is 2.67. The van der Waals surface area contributed by atoms with Crippen LogP contribution in [0.3, 0.4) is 0 Å². The Morgan fingerprint density at radius 1 is 1.00 bits per heavy atom. The van der Waals surface area contributed by atoms with Crippen molar-refractivity contribution in [2.75, 3.05) is 20.1 Å². The van der Waals surface area contributed by atoms with Gasteiger partial charge in [0, 0.05) is 19.1 Å². The topological polar surface area (TPSA) is 15.3 Å². The van der Waals surface area contributed by atoms with Gasteiger partial charge in [-0.15, -0.1) is 0 Å². The number of hydrogen-bond acceptors (Lipinski definition) is 2. The van der Waals surface area contributed by atoms with E-state index in [0.717, 1.165) is 19.6 Å². The summed E-state index contributed by atoms with van der Waals surface area (Å²) in [6.45, 7) is 7.32. The van der Waals surface area contributed by atoms with Crippen molar-refractivity contribution in [3.05, 3.63) is 71.3 Å². The summed E-state index contributed by atoms with van der Waals surface area (Å²) < 4.78 is 0. The molecule has 0 saturated heterocycles. The lowest BCUT2D eigenvalue weighted by Crippen LogP contribution is -2.32. The number of hydrogen-bond donors (Lipinski definition) is 1. The minimum absolute atomic E-state index is 0.380. The molecule has 112 valence electrons. The van der Waals surface area contributed by atoms with Crippen LogP contribution in [0.1, 0.15) is 29.7 Å². The molecule has 0 radical (unpaired) electrons. The van der Waals surface area contributed by atoms with E-state index < -0.39 is 0 Å². The molecular formula is C19H26N2. The van der Waals surface area contributed by atoms with Crippen molar-refractivity contribution >= 4 is 0 Å². The molecule has 21 heavy (non-hydrogen) atoms. The maximum absolute atomic E-state index is 3.59. The third kappa shape index (κ3) is 4.69. The zero-order valence-corrected chi connectivity index (χ0v) is 13.3. The second-order valence-corrected chi connectivity index (χ2v) is 5.64. The van der Waals surface area contributed by atoms with Crippen molar-refractivity contribution in [2.45, 2.75) is 26.4 Å². The second kappa shape index (κ2) is 7.96. The van der Waals surface area contributed by atoms with E-state index in [2.05, 4.69) is 85.7 Å². The van der Waals surface area contributed by atoms with Crippen LogP contribution in [-0.2, 0) is 6.54 Å². The van der Waals surface area contributed by atoms with E-state index in [9.17, 15) is 0 Å². The standard InChI is InChI=1S/C19H26N2/c1-4-20-19(17-11-6-5-7-12-17)15-21(3)14-18-13-9-8-10-16(18)2/h5-13,19-20H,4,14-15H2,1-3H3. The van der Waals surface area contributed by atoms with Gasteiger partial charge in [-0.2, -0.15) is 0 Å². The molecule has 2 heteroatoms. The first kappa shape index (κ1) is 15.7. The Labute approximate surface area is 128 Å². The first-order valence-corrected chi connectivity index (χ1v) is 7.72. The van der Waals surface area contributed by atoms with E-state index in [4.69, 9.17) is 0 Å². The third-order valence-electron chi connectivity index (χ3n) is 3.85. The molecule has 2 nitrogen and oxygen atoms in total. The molecule has 0 fully saturated rings. The monoisotopic (exact) mass is 282 g/mol. The van der Waals surface area contributed by atoms with Gasteiger partial charge in [-0.25, -0.2) is 0 Å². The predicted molar refractivity (Wildman–Crippen MR) is 90.4 cm³/mol. The normalized spacial score (nSPS) is 12.6. The van der Waals surface area contributed by atoms with Crippen molar-refractivity contribution in [2.24, 2.45) is 0 Å². The molecule has 1 unspecified atom stereocenters. The van der Waals surface area contributed by atoms with Gasteiger partial charge >= 0.3 is 0 Å². The first-order valence-electron chi connectivity index (χ1n) is 7.72. The van der Waals surface area contributed by atoms with E-state index in [1.54, 1.807) is 0 Å². The highest BCUT2D eigenvalue weighted by molar-refractivity contribution is 5.25. The van der Waals surface area contributed by atoms with Gasteiger partial charge < -0.3 is 10.2 Å². The Morgan fingerprint density at radius 2 is 1.67 bits per heavy atom. The summed E-state index contributed by atoms with van der Waals surface area (Å²) in [5.41, 5.74) is 4.13. The van der Waals surface area contributed by atoms with Crippen molar-refractivity contribution in [1.82, 2.24) is 10.2 Å². The number of nitrogens with one attached hydrogen (secondary N) is 1. The van der Waals surface area contributed by atoms with Gasteiger partial charge in [-0.05, 0) is 37.2 Å².